The molecule has 2 aromatic rings. The van der Waals surface area contributed by atoms with Gasteiger partial charge in [0.05, 0.1) is 25.9 Å². The van der Waals surface area contributed by atoms with Crippen LogP contribution in [0.3, 0.4) is 0 Å². The molecule has 0 unspecified atom stereocenters. The van der Waals surface area contributed by atoms with Gasteiger partial charge in [0.15, 0.2) is 11.5 Å². The van der Waals surface area contributed by atoms with E-state index in [1.807, 2.05) is 18.2 Å². The largest absolute Gasteiger partial charge is 0.493 e. The van der Waals surface area contributed by atoms with Gasteiger partial charge in [-0.25, -0.2) is 0 Å². The number of para-hydroxylation sites is 1. The summed E-state index contributed by atoms with van der Waals surface area (Å²) in [5.74, 6) is 1.95. The van der Waals surface area contributed by atoms with Crippen molar-refractivity contribution in [2.24, 2.45) is 0 Å². The second kappa shape index (κ2) is 7.96. The zero-order valence-corrected chi connectivity index (χ0v) is 14.6. The number of hydrogen-bond acceptors (Lipinski definition) is 4. The van der Waals surface area contributed by atoms with Crippen LogP contribution >= 0.6 is 0 Å². The lowest BCUT2D eigenvalue weighted by molar-refractivity contribution is 0.0891. The Hall–Kier alpha value is -2.63. The molecular formula is C19H24N2O4. The Morgan fingerprint density at radius 3 is 2.48 bits per heavy atom. The van der Waals surface area contributed by atoms with Crippen molar-refractivity contribution < 1.29 is 19.0 Å². The molecule has 0 atom stereocenters. The molecule has 0 bridgehead atoms. The molecule has 1 aliphatic rings. The van der Waals surface area contributed by atoms with Crippen molar-refractivity contribution in [2.75, 3.05) is 14.2 Å². The Balaban J connectivity index is 1.54. The van der Waals surface area contributed by atoms with Crippen LogP contribution < -0.4 is 19.5 Å². The van der Waals surface area contributed by atoms with Gasteiger partial charge in [0.25, 0.3) is 5.91 Å². The molecule has 3 rings (SSSR count). The van der Waals surface area contributed by atoms with Gasteiger partial charge in [0, 0.05) is 18.4 Å². The lowest BCUT2D eigenvalue weighted by atomic mass is 9.92. The molecule has 0 spiro atoms. The topological polar surface area (TPSA) is 72.6 Å². The first kappa shape index (κ1) is 17.2. The standard InChI is InChI=1S/C19H24N2O4/c1-23-16-4-3-5-17(18(16)24-2)25-15-8-6-14(7-9-15)21-19(22)13-10-11-20-12-13/h3-5,10-12,14-15,20H,6-9H2,1-2H3,(H,21,22). The van der Waals surface area contributed by atoms with Gasteiger partial charge in [-0.05, 0) is 43.9 Å². The SMILES string of the molecule is COc1cccc(OC2CCC(NC(=O)c3cc[nH]c3)CC2)c1OC. The maximum Gasteiger partial charge on any atom is 0.253 e. The van der Waals surface area contributed by atoms with E-state index in [2.05, 4.69) is 10.3 Å². The minimum atomic E-state index is -0.0277. The fourth-order valence-electron chi connectivity index (χ4n) is 3.19. The van der Waals surface area contributed by atoms with Gasteiger partial charge in [-0.3, -0.25) is 4.79 Å². The zero-order chi connectivity index (χ0) is 17.6. The molecular weight excluding hydrogens is 320 g/mol. The Bertz CT molecular complexity index is 691. The molecule has 0 saturated heterocycles. The van der Waals surface area contributed by atoms with Crippen LogP contribution in [0.25, 0.3) is 0 Å². The summed E-state index contributed by atoms with van der Waals surface area (Å²) in [5.41, 5.74) is 0.666. The molecule has 1 aromatic carbocycles. The van der Waals surface area contributed by atoms with Crippen LogP contribution in [0, 0.1) is 0 Å². The van der Waals surface area contributed by atoms with Crippen molar-refractivity contribution in [3.05, 3.63) is 42.2 Å². The molecule has 1 fully saturated rings. The van der Waals surface area contributed by atoms with E-state index >= 15 is 0 Å². The van der Waals surface area contributed by atoms with E-state index in [0.717, 1.165) is 25.7 Å². The second-order valence-electron chi connectivity index (χ2n) is 6.16. The minimum Gasteiger partial charge on any atom is -0.493 e. The van der Waals surface area contributed by atoms with E-state index in [1.165, 1.54) is 0 Å². The van der Waals surface area contributed by atoms with Crippen LogP contribution in [0.2, 0.25) is 0 Å². The monoisotopic (exact) mass is 344 g/mol. The molecule has 6 nitrogen and oxygen atoms in total. The van der Waals surface area contributed by atoms with E-state index in [4.69, 9.17) is 14.2 Å². The summed E-state index contributed by atoms with van der Waals surface area (Å²) in [6.07, 6.45) is 7.14. The third kappa shape index (κ3) is 4.07. The predicted octanol–water partition coefficient (Wildman–Crippen LogP) is 3.15. The number of rotatable bonds is 6. The van der Waals surface area contributed by atoms with Gasteiger partial charge in [-0.15, -0.1) is 0 Å². The summed E-state index contributed by atoms with van der Waals surface area (Å²) in [6.45, 7) is 0. The Morgan fingerprint density at radius 1 is 1.08 bits per heavy atom. The van der Waals surface area contributed by atoms with E-state index in [0.29, 0.717) is 22.8 Å². The number of amides is 1. The predicted molar refractivity (Wildman–Crippen MR) is 94.5 cm³/mol. The van der Waals surface area contributed by atoms with Gasteiger partial charge < -0.3 is 24.5 Å². The van der Waals surface area contributed by atoms with Crippen molar-refractivity contribution in [1.82, 2.24) is 10.3 Å². The van der Waals surface area contributed by atoms with Crippen LogP contribution in [-0.4, -0.2) is 37.3 Å². The number of carbonyl (C=O) groups excluding carboxylic acids is 1. The lowest BCUT2D eigenvalue weighted by Gasteiger charge is -2.30. The maximum atomic E-state index is 12.1. The van der Waals surface area contributed by atoms with Crippen LogP contribution in [0.5, 0.6) is 17.2 Å². The number of methoxy groups -OCH3 is 2. The van der Waals surface area contributed by atoms with Crippen LogP contribution in [0.4, 0.5) is 0 Å². The first-order valence-electron chi connectivity index (χ1n) is 8.52. The molecule has 2 N–H and O–H groups in total. The van der Waals surface area contributed by atoms with E-state index in [-0.39, 0.29) is 18.1 Å². The fourth-order valence-corrected chi connectivity index (χ4v) is 3.19. The number of H-pyrrole nitrogens is 1. The molecule has 1 amide bonds. The number of nitrogens with one attached hydrogen (secondary N) is 2. The number of carbonyl (C=O) groups is 1. The van der Waals surface area contributed by atoms with Gasteiger partial charge in [0.1, 0.15) is 0 Å². The van der Waals surface area contributed by atoms with Crippen LogP contribution in [-0.2, 0) is 0 Å². The van der Waals surface area contributed by atoms with Crippen molar-refractivity contribution >= 4 is 5.91 Å². The molecule has 6 heteroatoms. The van der Waals surface area contributed by atoms with Gasteiger partial charge in [-0.1, -0.05) is 6.07 Å². The average molecular weight is 344 g/mol. The molecule has 134 valence electrons. The highest BCUT2D eigenvalue weighted by Gasteiger charge is 2.25. The summed E-state index contributed by atoms with van der Waals surface area (Å²) in [7, 11) is 3.22. The molecule has 0 radical (unpaired) electrons. The van der Waals surface area contributed by atoms with Gasteiger partial charge >= 0.3 is 0 Å². The van der Waals surface area contributed by atoms with Crippen molar-refractivity contribution in [2.45, 2.75) is 37.8 Å². The van der Waals surface area contributed by atoms with E-state index < -0.39 is 0 Å². The molecule has 1 heterocycles. The van der Waals surface area contributed by atoms with Gasteiger partial charge in [0.2, 0.25) is 5.75 Å². The first-order valence-corrected chi connectivity index (χ1v) is 8.52. The highest BCUT2D eigenvalue weighted by atomic mass is 16.5. The van der Waals surface area contributed by atoms with Crippen molar-refractivity contribution in [3.63, 3.8) is 0 Å². The first-order chi connectivity index (χ1) is 12.2. The smallest absolute Gasteiger partial charge is 0.253 e. The van der Waals surface area contributed by atoms with Crippen molar-refractivity contribution in [1.29, 1.82) is 0 Å². The average Bonchev–Trinajstić information content (AvgIpc) is 3.18. The maximum absolute atomic E-state index is 12.1. The van der Waals surface area contributed by atoms with Crippen LogP contribution in [0.1, 0.15) is 36.0 Å². The lowest BCUT2D eigenvalue weighted by Crippen LogP contribution is -2.39. The molecule has 0 aliphatic heterocycles. The number of ether oxygens (including phenoxy) is 3. The normalized spacial score (nSPS) is 19.9. The molecule has 1 saturated carbocycles. The Labute approximate surface area is 147 Å². The quantitative estimate of drug-likeness (QED) is 0.844. The molecule has 25 heavy (non-hydrogen) atoms. The number of benzene rings is 1. The van der Waals surface area contributed by atoms with E-state index in [1.54, 1.807) is 32.7 Å². The minimum absolute atomic E-state index is 0.0277. The highest BCUT2D eigenvalue weighted by molar-refractivity contribution is 5.94. The fraction of sp³-hybridized carbons (Fsp3) is 0.421. The number of aromatic amines is 1. The Morgan fingerprint density at radius 2 is 1.84 bits per heavy atom. The summed E-state index contributed by atoms with van der Waals surface area (Å²) in [6, 6.07) is 7.59. The van der Waals surface area contributed by atoms with E-state index in [9.17, 15) is 4.79 Å². The third-order valence-electron chi connectivity index (χ3n) is 4.53. The summed E-state index contributed by atoms with van der Waals surface area (Å²) < 4.78 is 16.8. The van der Waals surface area contributed by atoms with Crippen molar-refractivity contribution in [3.8, 4) is 17.2 Å². The summed E-state index contributed by atoms with van der Waals surface area (Å²) in [4.78, 5) is 15.0. The highest BCUT2D eigenvalue weighted by Crippen LogP contribution is 2.38. The molecule has 1 aliphatic carbocycles. The van der Waals surface area contributed by atoms with Gasteiger partial charge in [-0.2, -0.15) is 0 Å². The summed E-state index contributed by atoms with van der Waals surface area (Å²) in [5, 5.41) is 3.09. The number of hydrogen-bond donors (Lipinski definition) is 2. The zero-order valence-electron chi connectivity index (χ0n) is 14.6. The third-order valence-corrected chi connectivity index (χ3v) is 4.53. The Kier molecular flexibility index (Phi) is 5.48. The van der Waals surface area contributed by atoms with Crippen LogP contribution in [0.15, 0.2) is 36.7 Å². The second-order valence-corrected chi connectivity index (χ2v) is 6.16. The number of aromatic nitrogens is 1. The summed E-state index contributed by atoms with van der Waals surface area (Å²) >= 11 is 0. The molecule has 1 aromatic heterocycles.